The SMILES string of the molecule is Cl.Cl.O=C(CCC1CCNC1)Nc1ccc(NC(=O)c2ccccc2)nc1. The van der Waals surface area contributed by atoms with Gasteiger partial charge in [-0.3, -0.25) is 9.59 Å². The number of amides is 2. The van der Waals surface area contributed by atoms with Gasteiger partial charge in [0.2, 0.25) is 5.91 Å². The molecule has 1 saturated heterocycles. The third-order valence-electron chi connectivity index (χ3n) is 4.27. The summed E-state index contributed by atoms with van der Waals surface area (Å²) in [6, 6.07) is 12.4. The van der Waals surface area contributed by atoms with Crippen molar-refractivity contribution in [1.82, 2.24) is 10.3 Å². The first-order valence-electron chi connectivity index (χ1n) is 8.54. The van der Waals surface area contributed by atoms with Crippen molar-refractivity contribution in [1.29, 1.82) is 0 Å². The van der Waals surface area contributed by atoms with Gasteiger partial charge in [0, 0.05) is 12.0 Å². The van der Waals surface area contributed by atoms with Crippen LogP contribution < -0.4 is 16.0 Å². The first-order valence-corrected chi connectivity index (χ1v) is 8.54. The zero-order valence-electron chi connectivity index (χ0n) is 14.8. The van der Waals surface area contributed by atoms with Gasteiger partial charge in [-0.1, -0.05) is 18.2 Å². The Morgan fingerprint density at radius 2 is 1.85 bits per heavy atom. The molecule has 2 heterocycles. The van der Waals surface area contributed by atoms with Gasteiger partial charge in [-0.15, -0.1) is 24.8 Å². The third kappa shape index (κ3) is 7.17. The van der Waals surface area contributed by atoms with Crippen molar-refractivity contribution in [2.75, 3.05) is 23.7 Å². The lowest BCUT2D eigenvalue weighted by atomic mass is 10.0. The smallest absolute Gasteiger partial charge is 0.256 e. The minimum absolute atomic E-state index is 0. The molecule has 0 radical (unpaired) electrons. The highest BCUT2D eigenvalue weighted by Gasteiger charge is 2.15. The molecule has 2 aromatic rings. The largest absolute Gasteiger partial charge is 0.325 e. The first kappa shape index (κ1) is 22.9. The maximum absolute atomic E-state index is 12.1. The van der Waals surface area contributed by atoms with Crippen molar-refractivity contribution >= 4 is 48.1 Å². The second-order valence-corrected chi connectivity index (χ2v) is 6.20. The van der Waals surface area contributed by atoms with Crippen LogP contribution in [0.25, 0.3) is 0 Å². The quantitative estimate of drug-likeness (QED) is 0.680. The van der Waals surface area contributed by atoms with Crippen LogP contribution in [0.4, 0.5) is 11.5 Å². The summed E-state index contributed by atoms with van der Waals surface area (Å²) in [7, 11) is 0. The number of pyridine rings is 1. The molecule has 8 heteroatoms. The fourth-order valence-corrected chi connectivity index (χ4v) is 2.84. The number of nitrogens with zero attached hydrogens (tertiary/aromatic N) is 1. The van der Waals surface area contributed by atoms with Gasteiger partial charge in [-0.2, -0.15) is 0 Å². The van der Waals surface area contributed by atoms with E-state index in [4.69, 9.17) is 0 Å². The monoisotopic (exact) mass is 410 g/mol. The highest BCUT2D eigenvalue weighted by Crippen LogP contribution is 2.16. The number of carbonyl (C=O) groups excluding carboxylic acids is 2. The Hall–Kier alpha value is -2.15. The lowest BCUT2D eigenvalue weighted by Gasteiger charge is -2.09. The van der Waals surface area contributed by atoms with Crippen LogP contribution in [0, 0.1) is 5.92 Å². The molecule has 27 heavy (non-hydrogen) atoms. The molecule has 1 aliphatic rings. The Morgan fingerprint density at radius 1 is 1.07 bits per heavy atom. The van der Waals surface area contributed by atoms with Gasteiger partial charge in [0.25, 0.3) is 5.91 Å². The number of rotatable bonds is 6. The van der Waals surface area contributed by atoms with Crippen LogP contribution in [-0.2, 0) is 4.79 Å². The van der Waals surface area contributed by atoms with E-state index < -0.39 is 0 Å². The molecule has 0 saturated carbocycles. The van der Waals surface area contributed by atoms with Gasteiger partial charge in [0.15, 0.2) is 0 Å². The van der Waals surface area contributed by atoms with Crippen molar-refractivity contribution in [2.45, 2.75) is 19.3 Å². The fraction of sp³-hybridized carbons (Fsp3) is 0.316. The van der Waals surface area contributed by atoms with Crippen LogP contribution in [0.3, 0.4) is 0 Å². The predicted molar refractivity (Wildman–Crippen MR) is 112 cm³/mol. The molecular weight excluding hydrogens is 387 g/mol. The van der Waals surface area contributed by atoms with E-state index in [0.717, 1.165) is 25.9 Å². The van der Waals surface area contributed by atoms with Gasteiger partial charge in [-0.25, -0.2) is 4.98 Å². The molecule has 146 valence electrons. The van der Waals surface area contributed by atoms with E-state index >= 15 is 0 Å². The number of halogens is 2. The molecule has 1 aromatic heterocycles. The van der Waals surface area contributed by atoms with Crippen LogP contribution >= 0.6 is 24.8 Å². The van der Waals surface area contributed by atoms with E-state index in [1.807, 2.05) is 18.2 Å². The molecule has 1 aliphatic heterocycles. The van der Waals surface area contributed by atoms with E-state index in [0.29, 0.717) is 29.4 Å². The minimum Gasteiger partial charge on any atom is -0.325 e. The molecule has 1 atom stereocenters. The molecule has 3 rings (SSSR count). The average Bonchev–Trinajstić information content (AvgIpc) is 3.16. The van der Waals surface area contributed by atoms with E-state index in [1.54, 1.807) is 30.5 Å². The van der Waals surface area contributed by atoms with E-state index in [2.05, 4.69) is 20.9 Å². The van der Waals surface area contributed by atoms with Crippen molar-refractivity contribution in [3.8, 4) is 0 Å². The number of hydrogen-bond donors (Lipinski definition) is 3. The Morgan fingerprint density at radius 3 is 2.48 bits per heavy atom. The summed E-state index contributed by atoms with van der Waals surface area (Å²) >= 11 is 0. The summed E-state index contributed by atoms with van der Waals surface area (Å²) in [4.78, 5) is 28.2. The fourth-order valence-electron chi connectivity index (χ4n) is 2.84. The zero-order valence-corrected chi connectivity index (χ0v) is 16.4. The van der Waals surface area contributed by atoms with Gasteiger partial charge >= 0.3 is 0 Å². The van der Waals surface area contributed by atoms with Gasteiger partial charge in [0.1, 0.15) is 5.82 Å². The number of nitrogens with one attached hydrogen (secondary N) is 3. The number of carbonyl (C=O) groups is 2. The number of aromatic nitrogens is 1. The number of anilines is 2. The minimum atomic E-state index is -0.213. The zero-order chi connectivity index (χ0) is 17.5. The third-order valence-corrected chi connectivity index (χ3v) is 4.27. The molecule has 1 aromatic carbocycles. The highest BCUT2D eigenvalue weighted by atomic mass is 35.5. The Balaban J connectivity index is 0.00000182. The molecule has 0 spiro atoms. The highest BCUT2D eigenvalue weighted by molar-refractivity contribution is 6.03. The Bertz CT molecular complexity index is 720. The Labute approximate surface area is 171 Å². The standard InChI is InChI=1S/C19H22N4O2.2ClH/c24-18(9-6-14-10-11-20-12-14)22-16-7-8-17(21-13-16)23-19(25)15-4-2-1-3-5-15;;/h1-5,7-8,13-14,20H,6,9-12H2,(H,22,24)(H,21,23,25);2*1H. The molecule has 2 amide bonds. The maximum Gasteiger partial charge on any atom is 0.256 e. The first-order chi connectivity index (χ1) is 12.2. The lowest BCUT2D eigenvalue weighted by molar-refractivity contribution is -0.116. The summed E-state index contributed by atoms with van der Waals surface area (Å²) in [6.07, 6.45) is 4.11. The normalized spacial score (nSPS) is 15.2. The predicted octanol–water partition coefficient (Wildman–Crippen LogP) is 3.51. The number of benzene rings is 1. The molecule has 3 N–H and O–H groups in total. The molecular formula is C19H24Cl2N4O2. The summed E-state index contributed by atoms with van der Waals surface area (Å²) < 4.78 is 0. The van der Waals surface area contributed by atoms with Crippen molar-refractivity contribution in [3.05, 3.63) is 54.2 Å². The summed E-state index contributed by atoms with van der Waals surface area (Å²) in [6.45, 7) is 2.05. The molecule has 1 fully saturated rings. The molecule has 1 unspecified atom stereocenters. The molecule has 0 aliphatic carbocycles. The topological polar surface area (TPSA) is 83.1 Å². The van der Waals surface area contributed by atoms with Crippen molar-refractivity contribution in [2.24, 2.45) is 5.92 Å². The van der Waals surface area contributed by atoms with Gasteiger partial charge < -0.3 is 16.0 Å². The van der Waals surface area contributed by atoms with Crippen LogP contribution in [0.2, 0.25) is 0 Å². The van der Waals surface area contributed by atoms with E-state index in [1.165, 1.54) is 0 Å². The summed E-state index contributed by atoms with van der Waals surface area (Å²) in [5.41, 5.74) is 1.20. The number of hydrogen-bond acceptors (Lipinski definition) is 4. The lowest BCUT2D eigenvalue weighted by Crippen LogP contribution is -2.15. The summed E-state index contributed by atoms with van der Waals surface area (Å²) in [5, 5.41) is 8.88. The second-order valence-electron chi connectivity index (χ2n) is 6.20. The van der Waals surface area contributed by atoms with Crippen molar-refractivity contribution in [3.63, 3.8) is 0 Å². The maximum atomic E-state index is 12.1. The molecule has 0 bridgehead atoms. The average molecular weight is 411 g/mol. The summed E-state index contributed by atoms with van der Waals surface area (Å²) in [5.74, 6) is 0.827. The van der Waals surface area contributed by atoms with E-state index in [-0.39, 0.29) is 36.6 Å². The molecule has 6 nitrogen and oxygen atoms in total. The van der Waals surface area contributed by atoms with Crippen LogP contribution in [-0.4, -0.2) is 29.9 Å². The van der Waals surface area contributed by atoms with Crippen LogP contribution in [0.1, 0.15) is 29.6 Å². The second kappa shape index (κ2) is 11.5. The van der Waals surface area contributed by atoms with E-state index in [9.17, 15) is 9.59 Å². The van der Waals surface area contributed by atoms with Gasteiger partial charge in [0.05, 0.1) is 11.9 Å². The van der Waals surface area contributed by atoms with Crippen molar-refractivity contribution < 1.29 is 9.59 Å². The van der Waals surface area contributed by atoms with Crippen LogP contribution in [0.15, 0.2) is 48.7 Å². The van der Waals surface area contributed by atoms with Gasteiger partial charge in [-0.05, 0) is 56.1 Å². The van der Waals surface area contributed by atoms with Crippen LogP contribution in [0.5, 0.6) is 0 Å². The Kier molecular flexibility index (Phi) is 9.78.